The second-order valence-electron chi connectivity index (χ2n) is 5.23. The Bertz CT molecular complexity index is 757. The molecule has 0 radical (unpaired) electrons. The van der Waals surface area contributed by atoms with E-state index < -0.39 is 0 Å². The lowest BCUT2D eigenvalue weighted by Crippen LogP contribution is -2.23. The number of hydrogen-bond acceptors (Lipinski definition) is 6. The van der Waals surface area contributed by atoms with Gasteiger partial charge in [0.15, 0.2) is 0 Å². The summed E-state index contributed by atoms with van der Waals surface area (Å²) in [7, 11) is 0. The fourth-order valence-electron chi connectivity index (χ4n) is 2.67. The molecule has 3 aromatic heterocycles. The van der Waals surface area contributed by atoms with Gasteiger partial charge in [0, 0.05) is 19.2 Å². The van der Waals surface area contributed by atoms with Crippen molar-refractivity contribution in [1.29, 1.82) is 0 Å². The van der Waals surface area contributed by atoms with Crippen LogP contribution in [-0.4, -0.2) is 26.5 Å². The second-order valence-corrected chi connectivity index (χ2v) is 5.23. The van der Waals surface area contributed by atoms with Crippen molar-refractivity contribution in [2.24, 2.45) is 0 Å². The summed E-state index contributed by atoms with van der Waals surface area (Å²) in [4.78, 5) is 19.4. The van der Waals surface area contributed by atoms with Gasteiger partial charge in [0.2, 0.25) is 5.89 Å². The lowest BCUT2D eigenvalue weighted by atomic mass is 10.2. The lowest BCUT2D eigenvalue weighted by Gasteiger charge is -2.20. The summed E-state index contributed by atoms with van der Waals surface area (Å²) in [5.74, 6) is 1.55. The molecule has 0 spiro atoms. The van der Waals surface area contributed by atoms with Gasteiger partial charge in [-0.3, -0.25) is 4.98 Å². The van der Waals surface area contributed by atoms with E-state index in [1.54, 1.807) is 12.5 Å². The Hall–Kier alpha value is -2.76. The molecule has 110 valence electrons. The van der Waals surface area contributed by atoms with Crippen LogP contribution in [0.4, 0.5) is 5.69 Å². The summed E-state index contributed by atoms with van der Waals surface area (Å²) in [6.45, 7) is 1.65. The average molecular weight is 293 g/mol. The SMILES string of the molecule is c1ccc(-c2nc3c(o2)CCCN(c2cncnc2)C3)nc1. The maximum atomic E-state index is 5.92. The first-order valence-electron chi connectivity index (χ1n) is 7.30. The molecule has 0 saturated carbocycles. The predicted molar refractivity (Wildman–Crippen MR) is 81.1 cm³/mol. The molecule has 0 unspecified atom stereocenters. The fraction of sp³-hybridized carbons (Fsp3) is 0.250. The monoisotopic (exact) mass is 293 g/mol. The number of aryl methyl sites for hydroxylation is 1. The molecule has 22 heavy (non-hydrogen) atoms. The van der Waals surface area contributed by atoms with Crippen molar-refractivity contribution in [2.45, 2.75) is 19.4 Å². The number of hydrogen-bond donors (Lipinski definition) is 0. The summed E-state index contributed by atoms with van der Waals surface area (Å²) >= 11 is 0. The largest absolute Gasteiger partial charge is 0.440 e. The second kappa shape index (κ2) is 5.55. The minimum atomic E-state index is 0.594. The molecule has 0 bridgehead atoms. The van der Waals surface area contributed by atoms with Crippen LogP contribution in [0, 0.1) is 0 Å². The summed E-state index contributed by atoms with van der Waals surface area (Å²) in [5, 5.41) is 0. The van der Waals surface area contributed by atoms with Gasteiger partial charge in [0.1, 0.15) is 23.5 Å². The molecule has 0 atom stereocenters. The third kappa shape index (κ3) is 2.43. The van der Waals surface area contributed by atoms with E-state index in [9.17, 15) is 0 Å². The Balaban J connectivity index is 1.65. The molecule has 0 fully saturated rings. The lowest BCUT2D eigenvalue weighted by molar-refractivity contribution is 0.511. The minimum absolute atomic E-state index is 0.594. The summed E-state index contributed by atoms with van der Waals surface area (Å²) in [6, 6.07) is 5.73. The quantitative estimate of drug-likeness (QED) is 0.723. The van der Waals surface area contributed by atoms with Gasteiger partial charge in [-0.25, -0.2) is 15.0 Å². The maximum Gasteiger partial charge on any atom is 0.245 e. The average Bonchev–Trinajstić information content (AvgIpc) is 2.88. The van der Waals surface area contributed by atoms with Crippen LogP contribution in [0.25, 0.3) is 11.6 Å². The number of nitrogens with zero attached hydrogens (tertiary/aromatic N) is 5. The van der Waals surface area contributed by atoms with Crippen molar-refractivity contribution in [3.8, 4) is 11.6 Å². The van der Waals surface area contributed by atoms with E-state index in [0.717, 1.165) is 42.2 Å². The molecule has 1 aliphatic heterocycles. The number of anilines is 1. The number of oxazole rings is 1. The summed E-state index contributed by atoms with van der Waals surface area (Å²) in [5.41, 5.74) is 2.75. The molecule has 1 aliphatic rings. The first kappa shape index (κ1) is 12.9. The number of pyridine rings is 1. The molecule has 3 aromatic rings. The molecule has 0 aromatic carbocycles. The molecule has 0 amide bonds. The van der Waals surface area contributed by atoms with E-state index >= 15 is 0 Å². The number of rotatable bonds is 2. The Morgan fingerprint density at radius 2 is 2.05 bits per heavy atom. The molecule has 0 aliphatic carbocycles. The molecule has 6 nitrogen and oxygen atoms in total. The Morgan fingerprint density at radius 1 is 1.14 bits per heavy atom. The van der Waals surface area contributed by atoms with Crippen LogP contribution < -0.4 is 4.90 Å². The smallest absolute Gasteiger partial charge is 0.245 e. The Morgan fingerprint density at radius 3 is 2.86 bits per heavy atom. The van der Waals surface area contributed by atoms with Gasteiger partial charge in [0.25, 0.3) is 0 Å². The normalized spacial score (nSPS) is 14.5. The maximum absolute atomic E-state index is 5.92. The van der Waals surface area contributed by atoms with Crippen LogP contribution in [-0.2, 0) is 13.0 Å². The predicted octanol–water partition coefficient (Wildman–Crippen LogP) is 2.48. The minimum Gasteiger partial charge on any atom is -0.440 e. The van der Waals surface area contributed by atoms with Gasteiger partial charge in [-0.15, -0.1) is 0 Å². The first-order chi connectivity index (χ1) is 10.9. The molecule has 4 rings (SSSR count). The van der Waals surface area contributed by atoms with E-state index in [0.29, 0.717) is 12.4 Å². The van der Waals surface area contributed by atoms with E-state index in [4.69, 9.17) is 4.42 Å². The highest BCUT2D eigenvalue weighted by atomic mass is 16.4. The molecule has 0 saturated heterocycles. The van der Waals surface area contributed by atoms with Crippen LogP contribution in [0.15, 0.2) is 47.5 Å². The highest BCUT2D eigenvalue weighted by Crippen LogP contribution is 2.26. The molecule has 6 heteroatoms. The highest BCUT2D eigenvalue weighted by Gasteiger charge is 2.21. The van der Waals surface area contributed by atoms with Crippen LogP contribution >= 0.6 is 0 Å². The van der Waals surface area contributed by atoms with Gasteiger partial charge in [-0.1, -0.05) is 6.07 Å². The summed E-state index contributed by atoms with van der Waals surface area (Å²) in [6.07, 6.45) is 8.86. The Kier molecular flexibility index (Phi) is 3.27. The zero-order chi connectivity index (χ0) is 14.8. The van der Waals surface area contributed by atoms with Crippen molar-refractivity contribution in [3.63, 3.8) is 0 Å². The van der Waals surface area contributed by atoms with Crippen LogP contribution in [0.5, 0.6) is 0 Å². The fourth-order valence-corrected chi connectivity index (χ4v) is 2.67. The van der Waals surface area contributed by atoms with Crippen LogP contribution in [0.3, 0.4) is 0 Å². The van der Waals surface area contributed by atoms with Crippen LogP contribution in [0.1, 0.15) is 17.9 Å². The Labute approximate surface area is 127 Å². The molecule has 4 heterocycles. The zero-order valence-electron chi connectivity index (χ0n) is 12.0. The third-order valence-electron chi connectivity index (χ3n) is 3.75. The van der Waals surface area contributed by atoms with Gasteiger partial charge < -0.3 is 9.32 Å². The van der Waals surface area contributed by atoms with Gasteiger partial charge >= 0.3 is 0 Å². The van der Waals surface area contributed by atoms with Crippen LogP contribution in [0.2, 0.25) is 0 Å². The van der Waals surface area contributed by atoms with Gasteiger partial charge in [-0.05, 0) is 18.6 Å². The van der Waals surface area contributed by atoms with Crippen molar-refractivity contribution in [3.05, 3.63) is 54.6 Å². The molecule has 0 N–H and O–H groups in total. The summed E-state index contributed by atoms with van der Waals surface area (Å²) < 4.78 is 5.92. The van der Waals surface area contributed by atoms with E-state index in [2.05, 4.69) is 24.8 Å². The first-order valence-corrected chi connectivity index (χ1v) is 7.30. The van der Waals surface area contributed by atoms with Gasteiger partial charge in [-0.2, -0.15) is 0 Å². The highest BCUT2D eigenvalue weighted by molar-refractivity contribution is 5.48. The van der Waals surface area contributed by atoms with Gasteiger partial charge in [0.05, 0.1) is 24.6 Å². The molecular formula is C16H15N5O. The standard InChI is InChI=1S/C16H15N5O/c1-2-6-19-13(4-1)16-20-14-10-21(7-3-5-15(14)22-16)12-8-17-11-18-9-12/h1-2,4,6,8-9,11H,3,5,7,10H2. The van der Waals surface area contributed by atoms with E-state index in [1.807, 2.05) is 30.6 Å². The third-order valence-corrected chi connectivity index (χ3v) is 3.75. The van der Waals surface area contributed by atoms with E-state index in [-0.39, 0.29) is 0 Å². The van der Waals surface area contributed by atoms with Crippen molar-refractivity contribution in [1.82, 2.24) is 19.9 Å². The van der Waals surface area contributed by atoms with Crippen molar-refractivity contribution in [2.75, 3.05) is 11.4 Å². The van der Waals surface area contributed by atoms with E-state index in [1.165, 1.54) is 0 Å². The molecular weight excluding hydrogens is 278 g/mol. The number of aromatic nitrogens is 4. The van der Waals surface area contributed by atoms with Crippen molar-refractivity contribution >= 4 is 5.69 Å². The number of fused-ring (bicyclic) bond motifs is 1. The van der Waals surface area contributed by atoms with Crippen molar-refractivity contribution < 1.29 is 4.42 Å². The topological polar surface area (TPSA) is 67.9 Å². The zero-order valence-corrected chi connectivity index (χ0v) is 12.0.